The van der Waals surface area contributed by atoms with Crippen LogP contribution in [-0.4, -0.2) is 47.8 Å². The van der Waals surface area contributed by atoms with Gasteiger partial charge in [-0.2, -0.15) is 0 Å². The van der Waals surface area contributed by atoms with Crippen molar-refractivity contribution >= 4 is 17.7 Å². The molecule has 3 amide bonds. The number of imide groups is 1. The lowest BCUT2D eigenvalue weighted by Gasteiger charge is -2.33. The lowest BCUT2D eigenvalue weighted by Crippen LogP contribution is -2.52. The van der Waals surface area contributed by atoms with Gasteiger partial charge in [0.1, 0.15) is 6.04 Å². The van der Waals surface area contributed by atoms with E-state index >= 15 is 0 Å². The Kier molecular flexibility index (Phi) is 5.76. The predicted molar refractivity (Wildman–Crippen MR) is 120 cm³/mol. The summed E-state index contributed by atoms with van der Waals surface area (Å²) < 4.78 is 0. The fourth-order valence-corrected chi connectivity index (χ4v) is 5.23. The molecule has 0 aliphatic carbocycles. The molecule has 3 aliphatic rings. The lowest BCUT2D eigenvalue weighted by molar-refractivity contribution is -0.136. The molecule has 2 saturated heterocycles. The Morgan fingerprint density at radius 1 is 1.00 bits per heavy atom. The van der Waals surface area contributed by atoms with Crippen LogP contribution in [-0.2, 0) is 22.7 Å². The van der Waals surface area contributed by atoms with Crippen LogP contribution in [0.25, 0.3) is 0 Å². The zero-order valence-electron chi connectivity index (χ0n) is 18.0. The van der Waals surface area contributed by atoms with E-state index in [9.17, 15) is 14.4 Å². The van der Waals surface area contributed by atoms with Gasteiger partial charge in [-0.25, -0.2) is 0 Å². The maximum atomic E-state index is 13.0. The summed E-state index contributed by atoms with van der Waals surface area (Å²) in [5.41, 5.74) is 4.08. The van der Waals surface area contributed by atoms with Gasteiger partial charge >= 0.3 is 0 Å². The number of amides is 3. The van der Waals surface area contributed by atoms with Crippen LogP contribution in [0.15, 0.2) is 48.5 Å². The fourth-order valence-electron chi connectivity index (χ4n) is 5.23. The molecule has 0 saturated carbocycles. The van der Waals surface area contributed by atoms with E-state index in [-0.39, 0.29) is 24.1 Å². The second kappa shape index (κ2) is 8.84. The first-order valence-electron chi connectivity index (χ1n) is 11.4. The van der Waals surface area contributed by atoms with Crippen LogP contribution >= 0.6 is 0 Å². The van der Waals surface area contributed by atoms with Crippen molar-refractivity contribution in [1.82, 2.24) is 20.9 Å². The number of benzene rings is 2. The van der Waals surface area contributed by atoms with E-state index in [1.807, 2.05) is 18.2 Å². The second-order valence-corrected chi connectivity index (χ2v) is 8.84. The Balaban J connectivity index is 1.31. The van der Waals surface area contributed by atoms with Crippen LogP contribution in [0, 0.1) is 0 Å². The first-order valence-corrected chi connectivity index (χ1v) is 11.4. The summed E-state index contributed by atoms with van der Waals surface area (Å²) in [6, 6.07) is 16.1. The van der Waals surface area contributed by atoms with E-state index in [2.05, 4.69) is 46.3 Å². The Labute approximate surface area is 187 Å². The van der Waals surface area contributed by atoms with Gasteiger partial charge in [-0.05, 0) is 42.1 Å². The van der Waals surface area contributed by atoms with Gasteiger partial charge in [0.05, 0.1) is 0 Å². The highest BCUT2D eigenvalue weighted by Crippen LogP contribution is 2.31. The highest BCUT2D eigenvalue weighted by Gasteiger charge is 2.39. The molecule has 0 aromatic heterocycles. The van der Waals surface area contributed by atoms with Crippen molar-refractivity contribution in [3.63, 3.8) is 0 Å². The normalized spacial score (nSPS) is 25.6. The van der Waals surface area contributed by atoms with Crippen molar-refractivity contribution in [2.45, 2.75) is 50.4 Å². The summed E-state index contributed by atoms with van der Waals surface area (Å²) >= 11 is 0. The highest BCUT2D eigenvalue weighted by molar-refractivity contribution is 6.05. The van der Waals surface area contributed by atoms with Crippen molar-refractivity contribution in [2.24, 2.45) is 0 Å². The molecular formula is C25H28N4O3. The molecule has 7 nitrogen and oxygen atoms in total. The largest absolute Gasteiger partial charge is 0.322 e. The lowest BCUT2D eigenvalue weighted by atomic mass is 9.86. The SMILES string of the molecule is O=C1CCC(N2Cc3c(CNC4CNCCC4c4ccccc4)cccc3C2=O)C(=O)N1. The molecule has 3 N–H and O–H groups in total. The highest BCUT2D eigenvalue weighted by atomic mass is 16.2. The minimum atomic E-state index is -0.585. The molecule has 3 aliphatic heterocycles. The molecule has 3 atom stereocenters. The topological polar surface area (TPSA) is 90.5 Å². The number of carbonyl (C=O) groups is 3. The molecule has 2 aromatic rings. The summed E-state index contributed by atoms with van der Waals surface area (Å²) in [6.07, 6.45) is 1.72. The van der Waals surface area contributed by atoms with Gasteiger partial charge in [0.25, 0.3) is 5.91 Å². The van der Waals surface area contributed by atoms with Crippen molar-refractivity contribution in [3.05, 3.63) is 70.8 Å². The quantitative estimate of drug-likeness (QED) is 0.626. The van der Waals surface area contributed by atoms with Gasteiger partial charge < -0.3 is 15.5 Å². The minimum Gasteiger partial charge on any atom is -0.322 e. The zero-order valence-corrected chi connectivity index (χ0v) is 18.0. The zero-order chi connectivity index (χ0) is 22.1. The third-order valence-electron chi connectivity index (χ3n) is 6.94. The van der Waals surface area contributed by atoms with Gasteiger partial charge in [0.15, 0.2) is 0 Å². The van der Waals surface area contributed by atoms with E-state index in [1.54, 1.807) is 4.90 Å². The van der Waals surface area contributed by atoms with E-state index in [1.165, 1.54) is 5.56 Å². The second-order valence-electron chi connectivity index (χ2n) is 8.84. The number of rotatable bonds is 5. The number of piperidine rings is 2. The van der Waals surface area contributed by atoms with Crippen LogP contribution in [0.5, 0.6) is 0 Å². The monoisotopic (exact) mass is 432 g/mol. The molecule has 2 aromatic carbocycles. The summed E-state index contributed by atoms with van der Waals surface area (Å²) in [5.74, 6) is -0.330. The number of hydrogen-bond acceptors (Lipinski definition) is 5. The summed E-state index contributed by atoms with van der Waals surface area (Å²) in [4.78, 5) is 38.5. The molecule has 0 radical (unpaired) electrons. The van der Waals surface area contributed by atoms with E-state index in [0.717, 1.165) is 30.6 Å². The van der Waals surface area contributed by atoms with Gasteiger partial charge in [-0.1, -0.05) is 42.5 Å². The minimum absolute atomic E-state index is 0.127. The Bertz CT molecular complexity index is 1040. The number of hydrogen-bond donors (Lipinski definition) is 3. The molecule has 0 bridgehead atoms. The molecule has 0 spiro atoms. The van der Waals surface area contributed by atoms with Crippen LogP contribution in [0.3, 0.4) is 0 Å². The average molecular weight is 433 g/mol. The van der Waals surface area contributed by atoms with Crippen LogP contribution in [0.4, 0.5) is 0 Å². The Hall–Kier alpha value is -3.03. The smallest absolute Gasteiger partial charge is 0.255 e. The molecule has 2 fully saturated rings. The van der Waals surface area contributed by atoms with E-state index in [4.69, 9.17) is 0 Å². The molecule has 5 rings (SSSR count). The number of nitrogens with one attached hydrogen (secondary N) is 3. The van der Waals surface area contributed by atoms with Gasteiger partial charge in [-0.15, -0.1) is 0 Å². The Morgan fingerprint density at radius 2 is 1.84 bits per heavy atom. The van der Waals surface area contributed by atoms with Crippen LogP contribution in [0.2, 0.25) is 0 Å². The van der Waals surface area contributed by atoms with Gasteiger partial charge in [-0.3, -0.25) is 19.7 Å². The molecular weight excluding hydrogens is 404 g/mol. The first-order chi connectivity index (χ1) is 15.6. The molecule has 32 heavy (non-hydrogen) atoms. The maximum Gasteiger partial charge on any atom is 0.255 e. The molecule has 3 unspecified atom stereocenters. The number of carbonyl (C=O) groups excluding carboxylic acids is 3. The van der Waals surface area contributed by atoms with Gasteiger partial charge in [0.2, 0.25) is 11.8 Å². The van der Waals surface area contributed by atoms with E-state index in [0.29, 0.717) is 37.0 Å². The van der Waals surface area contributed by atoms with Crippen molar-refractivity contribution < 1.29 is 14.4 Å². The standard InChI is InChI=1S/C25H28N4O3/c30-23-10-9-22(24(31)28-23)29-15-20-17(7-4-8-19(20)25(29)32)13-27-21-14-26-12-11-18(21)16-5-2-1-3-6-16/h1-8,18,21-22,26-27H,9-15H2,(H,28,30,31). The number of fused-ring (bicyclic) bond motifs is 1. The maximum absolute atomic E-state index is 13.0. The summed E-state index contributed by atoms with van der Waals surface area (Å²) in [5, 5.41) is 9.58. The van der Waals surface area contributed by atoms with Crippen molar-refractivity contribution in [1.29, 1.82) is 0 Å². The summed E-state index contributed by atoms with van der Waals surface area (Å²) in [7, 11) is 0. The van der Waals surface area contributed by atoms with Gasteiger partial charge in [0, 0.05) is 43.6 Å². The van der Waals surface area contributed by atoms with Crippen LogP contribution < -0.4 is 16.0 Å². The molecule has 166 valence electrons. The Morgan fingerprint density at radius 3 is 2.66 bits per heavy atom. The van der Waals surface area contributed by atoms with Crippen LogP contribution in [0.1, 0.15) is 52.2 Å². The molecule has 3 heterocycles. The molecule has 7 heteroatoms. The first kappa shape index (κ1) is 20.8. The number of nitrogens with zero attached hydrogens (tertiary/aromatic N) is 1. The third kappa shape index (κ3) is 3.94. The fraction of sp³-hybridized carbons (Fsp3) is 0.400. The van der Waals surface area contributed by atoms with Crippen molar-refractivity contribution in [2.75, 3.05) is 13.1 Å². The van der Waals surface area contributed by atoms with Crippen molar-refractivity contribution in [3.8, 4) is 0 Å². The van der Waals surface area contributed by atoms with E-state index < -0.39 is 6.04 Å². The third-order valence-corrected chi connectivity index (χ3v) is 6.94. The summed E-state index contributed by atoms with van der Waals surface area (Å²) in [6.45, 7) is 2.97. The average Bonchev–Trinajstić information content (AvgIpc) is 3.15. The predicted octanol–water partition coefficient (Wildman–Crippen LogP) is 1.68.